The van der Waals surface area contributed by atoms with Crippen molar-refractivity contribution in [2.45, 2.75) is 56.8 Å². The summed E-state index contributed by atoms with van der Waals surface area (Å²) in [7, 11) is 0. The van der Waals surface area contributed by atoms with Crippen molar-refractivity contribution in [3.63, 3.8) is 0 Å². The molecule has 0 spiro atoms. The third-order valence-electron chi connectivity index (χ3n) is 9.24. The van der Waals surface area contributed by atoms with Crippen molar-refractivity contribution in [3.8, 4) is 23.0 Å². The van der Waals surface area contributed by atoms with Gasteiger partial charge in [0.1, 0.15) is 47.4 Å². The van der Waals surface area contributed by atoms with Crippen LogP contribution in [0, 0.1) is 11.6 Å². The highest BCUT2D eigenvalue weighted by Gasteiger charge is 2.49. The van der Waals surface area contributed by atoms with Gasteiger partial charge in [0, 0.05) is 31.3 Å². The molecule has 0 aliphatic carbocycles. The Hall–Kier alpha value is -4.72. The summed E-state index contributed by atoms with van der Waals surface area (Å²) in [4.78, 5) is 38.9. The molecule has 2 aromatic carbocycles. The number of phenolic OH excluding ortho intramolecular Hbond substituents is 1. The summed E-state index contributed by atoms with van der Waals surface area (Å²) >= 11 is 0. The lowest BCUT2D eigenvalue weighted by Gasteiger charge is -2.30. The fraction of sp³-hybridized carbons (Fsp3) is 0.406. The van der Waals surface area contributed by atoms with Crippen LogP contribution < -0.4 is 20.7 Å². The number of anilines is 1. The van der Waals surface area contributed by atoms with E-state index in [2.05, 4.69) is 35.8 Å². The lowest BCUT2D eigenvalue weighted by Crippen LogP contribution is -2.43. The molecule has 3 atom stereocenters. The van der Waals surface area contributed by atoms with E-state index in [1.54, 1.807) is 6.92 Å². The van der Waals surface area contributed by atoms with Gasteiger partial charge in [-0.15, -0.1) is 0 Å². The van der Waals surface area contributed by atoms with Crippen LogP contribution in [-0.4, -0.2) is 80.9 Å². The first-order valence-corrected chi connectivity index (χ1v) is 15.3. The number of pyridine rings is 1. The van der Waals surface area contributed by atoms with Crippen molar-refractivity contribution in [3.05, 3.63) is 47.7 Å². The van der Waals surface area contributed by atoms with Crippen molar-refractivity contribution < 1.29 is 32.6 Å². The van der Waals surface area contributed by atoms with Gasteiger partial charge in [-0.1, -0.05) is 13.0 Å². The average molecular weight is 636 g/mol. The maximum atomic E-state index is 16.6. The summed E-state index contributed by atoms with van der Waals surface area (Å²) in [6.45, 7) is 3.17. The maximum Gasteiger partial charge on any atom is 0.322 e. The number of aryl methyl sites for hydroxylation is 1. The van der Waals surface area contributed by atoms with Gasteiger partial charge in [-0.25, -0.2) is 18.0 Å². The van der Waals surface area contributed by atoms with E-state index in [0.29, 0.717) is 35.7 Å². The smallest absolute Gasteiger partial charge is 0.322 e. The number of nitrogens with one attached hydrogen (secondary N) is 3. The molecule has 4 aromatic rings. The van der Waals surface area contributed by atoms with Gasteiger partial charge in [0.25, 0.3) is 5.91 Å². The second-order valence-corrected chi connectivity index (χ2v) is 12.1. The van der Waals surface area contributed by atoms with Crippen LogP contribution >= 0.6 is 0 Å². The molecule has 0 saturated carbocycles. The molecule has 3 aliphatic heterocycles. The van der Waals surface area contributed by atoms with Gasteiger partial charge in [-0.05, 0) is 66.8 Å². The molecule has 11 nitrogen and oxygen atoms in total. The zero-order chi connectivity index (χ0) is 32.2. The second-order valence-electron chi connectivity index (χ2n) is 12.1. The average Bonchev–Trinajstić information content (AvgIpc) is 3.66. The molecule has 46 heavy (non-hydrogen) atoms. The number of halogens is 3. The van der Waals surface area contributed by atoms with E-state index < -0.39 is 41.3 Å². The number of urea groups is 1. The molecule has 14 heteroatoms. The Balaban J connectivity index is 1.30. The van der Waals surface area contributed by atoms with E-state index in [-0.39, 0.29) is 59.3 Å². The zero-order valence-electron chi connectivity index (χ0n) is 25.0. The molecule has 0 radical (unpaired) electrons. The molecule has 0 bridgehead atoms. The number of nitrogens with zero attached hydrogens (tertiary/aromatic N) is 4. The number of carbonyl (C=O) groups is 2. The molecule has 3 amide bonds. The van der Waals surface area contributed by atoms with Crippen molar-refractivity contribution >= 4 is 39.4 Å². The lowest BCUT2D eigenvalue weighted by molar-refractivity contribution is -0.120. The molecular formula is C32H32F3N7O4. The monoisotopic (exact) mass is 635 g/mol. The van der Waals surface area contributed by atoms with Crippen LogP contribution in [0.1, 0.15) is 38.2 Å². The van der Waals surface area contributed by atoms with Gasteiger partial charge in [-0.3, -0.25) is 20.0 Å². The summed E-state index contributed by atoms with van der Waals surface area (Å²) in [5.41, 5.74) is -0.224. The van der Waals surface area contributed by atoms with Gasteiger partial charge < -0.3 is 20.5 Å². The van der Waals surface area contributed by atoms with Crippen molar-refractivity contribution in [1.29, 1.82) is 0 Å². The van der Waals surface area contributed by atoms with E-state index in [1.807, 2.05) is 0 Å². The summed E-state index contributed by atoms with van der Waals surface area (Å²) in [6, 6.07) is 4.19. The van der Waals surface area contributed by atoms with E-state index in [4.69, 9.17) is 4.74 Å². The summed E-state index contributed by atoms with van der Waals surface area (Å²) in [5, 5.41) is 19.5. The molecule has 3 aliphatic rings. The number of benzene rings is 2. The number of alkyl halides is 1. The second kappa shape index (κ2) is 11.6. The molecular weight excluding hydrogens is 603 g/mol. The highest BCUT2D eigenvalue weighted by Crippen LogP contribution is 2.41. The largest absolute Gasteiger partial charge is 0.508 e. The van der Waals surface area contributed by atoms with Gasteiger partial charge in [0.05, 0.1) is 10.9 Å². The van der Waals surface area contributed by atoms with Crippen molar-refractivity contribution in [2.24, 2.45) is 0 Å². The highest BCUT2D eigenvalue weighted by atomic mass is 19.1. The molecule has 7 rings (SSSR count). The third-order valence-corrected chi connectivity index (χ3v) is 9.24. The molecule has 3 fully saturated rings. The van der Waals surface area contributed by atoms with Crippen molar-refractivity contribution in [2.75, 3.05) is 31.6 Å². The molecule has 4 N–H and O–H groups in total. The molecule has 3 saturated heterocycles. The van der Waals surface area contributed by atoms with Crippen LogP contribution in [0.4, 0.5) is 23.8 Å². The number of aromatic hydroxyl groups is 1. The number of hydrogen-bond donors (Lipinski definition) is 4. The highest BCUT2D eigenvalue weighted by molar-refractivity contribution is 6.04. The Morgan fingerprint density at radius 1 is 1.22 bits per heavy atom. The first-order valence-electron chi connectivity index (χ1n) is 15.3. The first kappa shape index (κ1) is 30.0. The minimum absolute atomic E-state index is 0.114. The molecule has 2 aromatic heterocycles. The molecule has 1 unspecified atom stereocenters. The topological polar surface area (TPSA) is 142 Å². The van der Waals surface area contributed by atoms with E-state index in [0.717, 1.165) is 19.4 Å². The summed E-state index contributed by atoms with van der Waals surface area (Å²) in [6.07, 6.45) is 2.94. The van der Waals surface area contributed by atoms with Gasteiger partial charge >= 0.3 is 12.0 Å². The Morgan fingerprint density at radius 2 is 2.07 bits per heavy atom. The Morgan fingerprint density at radius 3 is 2.85 bits per heavy atom. The zero-order valence-corrected chi connectivity index (χ0v) is 25.0. The number of imide groups is 1. The van der Waals surface area contributed by atoms with E-state index in [1.165, 1.54) is 30.5 Å². The van der Waals surface area contributed by atoms with Gasteiger partial charge in [-0.2, -0.15) is 9.97 Å². The van der Waals surface area contributed by atoms with Crippen LogP contribution in [-0.2, 0) is 11.2 Å². The van der Waals surface area contributed by atoms with E-state index >= 15 is 4.39 Å². The number of rotatable bonds is 9. The van der Waals surface area contributed by atoms with Crippen LogP contribution in [0.5, 0.6) is 11.8 Å². The Labute approximate surface area is 261 Å². The van der Waals surface area contributed by atoms with Crippen LogP contribution in [0.15, 0.2) is 30.5 Å². The van der Waals surface area contributed by atoms with Crippen LogP contribution in [0.25, 0.3) is 32.9 Å². The number of phenols is 1. The normalized spacial score (nSPS) is 22.8. The van der Waals surface area contributed by atoms with E-state index in [9.17, 15) is 23.5 Å². The Bertz CT molecular complexity index is 1890. The standard InChI is InChI=1S/C32H32F3N7O4/c1-2-19-22(34)5-4-16-10-18(43)11-20(24(16)19)26-25(35)27-21(13-37-26)28(36-8-6-23-29(44)41-30(45)38-23)40-31(39-27)46-15-32-7-3-9-42(32)14-17(33)12-32/h4-5,10-11,13,17,23,43H,2-3,6-9,12,14-15H2,1H3,(H,36,39,40)(H2,38,41,44,45)/t17-,23?,32+/m1/s1. The molecule has 5 heterocycles. The lowest BCUT2D eigenvalue weighted by atomic mass is 9.94. The summed E-state index contributed by atoms with van der Waals surface area (Å²) in [5.74, 6) is -1.71. The Kier molecular flexibility index (Phi) is 7.54. The fourth-order valence-corrected chi connectivity index (χ4v) is 7.10. The number of carbonyl (C=O) groups excluding carboxylic acids is 2. The maximum absolute atomic E-state index is 16.6. The van der Waals surface area contributed by atoms with Crippen LogP contribution in [0.3, 0.4) is 0 Å². The van der Waals surface area contributed by atoms with Gasteiger partial charge in [0.2, 0.25) is 0 Å². The fourth-order valence-electron chi connectivity index (χ4n) is 7.10. The quantitative estimate of drug-likeness (QED) is 0.198. The summed E-state index contributed by atoms with van der Waals surface area (Å²) < 4.78 is 52.0. The molecule has 240 valence electrons. The minimum atomic E-state index is -0.965. The number of hydrogen-bond acceptors (Lipinski definition) is 9. The SMILES string of the molecule is CCc1c(F)ccc2cc(O)cc(-c3ncc4c(NCCC5NC(=O)NC5=O)nc(OC[C@@]56CCCN5C[C@H](F)C6)nc4c3F)c12. The van der Waals surface area contributed by atoms with Gasteiger partial charge in [0.15, 0.2) is 5.82 Å². The predicted octanol–water partition coefficient (Wildman–Crippen LogP) is 4.36. The third kappa shape index (κ3) is 5.19. The number of fused-ring (bicyclic) bond motifs is 3. The van der Waals surface area contributed by atoms with Crippen molar-refractivity contribution in [1.82, 2.24) is 30.5 Å². The minimum Gasteiger partial charge on any atom is -0.508 e. The van der Waals surface area contributed by atoms with Crippen LogP contribution in [0.2, 0.25) is 0 Å². The predicted molar refractivity (Wildman–Crippen MR) is 163 cm³/mol. The first-order chi connectivity index (χ1) is 22.2. The number of ether oxygens (including phenoxy) is 1. The number of aromatic nitrogens is 3. The number of amides is 3.